The molecule has 0 spiro atoms. The minimum atomic E-state index is -5.10. The molecule has 1 aromatic carbocycles. The van der Waals surface area contributed by atoms with Crippen molar-refractivity contribution in [1.82, 2.24) is 15.8 Å². The van der Waals surface area contributed by atoms with Crippen LogP contribution in [0.2, 0.25) is 0 Å². The van der Waals surface area contributed by atoms with Crippen LogP contribution in [0, 0.1) is 5.92 Å². The number of alkyl halides is 3. The molecule has 1 saturated carbocycles. The molecule has 0 saturated heterocycles. The van der Waals surface area contributed by atoms with Crippen molar-refractivity contribution < 1.29 is 32.6 Å². The second-order valence-electron chi connectivity index (χ2n) is 9.79. The molecule has 0 aliphatic heterocycles. The quantitative estimate of drug-likeness (QED) is 0.459. The summed E-state index contributed by atoms with van der Waals surface area (Å²) in [6, 6.07) is 7.27. The minimum Gasteiger partial charge on any atom is -0.443 e. The molecule has 2 amide bonds. The Morgan fingerprint density at radius 3 is 2.29 bits per heavy atom. The second-order valence-corrected chi connectivity index (χ2v) is 9.79. The predicted molar refractivity (Wildman–Crippen MR) is 122 cm³/mol. The lowest BCUT2D eigenvalue weighted by molar-refractivity contribution is -0.175. The molecular weight excluding hydrogens is 451 g/mol. The molecule has 34 heavy (non-hydrogen) atoms. The van der Waals surface area contributed by atoms with E-state index in [1.54, 1.807) is 51.1 Å². The average Bonchev–Trinajstić information content (AvgIpc) is 2.75. The van der Waals surface area contributed by atoms with Gasteiger partial charge in [-0.25, -0.2) is 15.2 Å². The number of ether oxygens (including phenoxy) is 1. The number of benzene rings is 1. The van der Waals surface area contributed by atoms with E-state index in [-0.39, 0.29) is 13.0 Å². The molecule has 1 aliphatic rings. The van der Waals surface area contributed by atoms with Gasteiger partial charge in [0.05, 0.1) is 18.7 Å². The zero-order valence-corrected chi connectivity index (χ0v) is 20.0. The van der Waals surface area contributed by atoms with Gasteiger partial charge in [0.25, 0.3) is 0 Å². The molecule has 0 aromatic heterocycles. The van der Waals surface area contributed by atoms with Crippen LogP contribution in [-0.2, 0) is 16.0 Å². The fourth-order valence-electron chi connectivity index (χ4n) is 3.87. The molecule has 192 valence electrons. The molecule has 3 N–H and O–H groups in total. The summed E-state index contributed by atoms with van der Waals surface area (Å²) in [5.41, 5.74) is 2.84. The van der Waals surface area contributed by atoms with Crippen LogP contribution in [0.15, 0.2) is 30.3 Å². The summed E-state index contributed by atoms with van der Waals surface area (Å²) in [6.07, 6.45) is -1.99. The molecule has 1 fully saturated rings. The summed E-state index contributed by atoms with van der Waals surface area (Å²) in [5.74, 6) is -1.80. The third kappa shape index (κ3) is 9.89. The highest BCUT2D eigenvalue weighted by atomic mass is 19.4. The Balaban J connectivity index is 2.16. The zero-order chi connectivity index (χ0) is 25.4. The topological polar surface area (TPSA) is 90.9 Å². The van der Waals surface area contributed by atoms with Crippen LogP contribution in [0.3, 0.4) is 0 Å². The first kappa shape index (κ1) is 27.9. The lowest BCUT2D eigenvalue weighted by atomic mass is 9.89. The Hall–Kier alpha value is -2.33. The van der Waals surface area contributed by atoms with Crippen LogP contribution < -0.4 is 10.7 Å². The second kappa shape index (κ2) is 12.4. The predicted octanol–water partition coefficient (Wildman–Crippen LogP) is 3.96. The van der Waals surface area contributed by atoms with Gasteiger partial charge < -0.3 is 15.2 Å². The van der Waals surface area contributed by atoms with Crippen LogP contribution in [0.5, 0.6) is 0 Å². The van der Waals surface area contributed by atoms with Crippen LogP contribution in [0.4, 0.5) is 18.0 Å². The normalized spacial score (nSPS) is 17.0. The van der Waals surface area contributed by atoms with Gasteiger partial charge in [0.2, 0.25) is 0 Å². The number of aliphatic hydroxyl groups is 1. The fourth-order valence-corrected chi connectivity index (χ4v) is 3.87. The van der Waals surface area contributed by atoms with E-state index in [9.17, 15) is 27.9 Å². The van der Waals surface area contributed by atoms with E-state index in [0.717, 1.165) is 30.7 Å². The van der Waals surface area contributed by atoms with Crippen LogP contribution in [-0.4, -0.2) is 59.1 Å². The van der Waals surface area contributed by atoms with Gasteiger partial charge in [-0.15, -0.1) is 0 Å². The van der Waals surface area contributed by atoms with Gasteiger partial charge in [-0.3, -0.25) is 4.79 Å². The Morgan fingerprint density at radius 1 is 1.12 bits per heavy atom. The van der Waals surface area contributed by atoms with Gasteiger partial charge in [0.1, 0.15) is 5.60 Å². The van der Waals surface area contributed by atoms with Crippen molar-refractivity contribution in [1.29, 1.82) is 0 Å². The van der Waals surface area contributed by atoms with Crippen molar-refractivity contribution in [2.24, 2.45) is 5.92 Å². The molecule has 1 aliphatic carbocycles. The summed E-state index contributed by atoms with van der Waals surface area (Å²) in [6.45, 7) is 5.20. The molecule has 0 bridgehead atoms. The van der Waals surface area contributed by atoms with Crippen LogP contribution in [0.1, 0.15) is 58.4 Å². The number of nitrogens with one attached hydrogen (secondary N) is 2. The molecule has 7 nitrogen and oxygen atoms in total. The highest BCUT2D eigenvalue weighted by Crippen LogP contribution is 2.23. The lowest BCUT2D eigenvalue weighted by Gasteiger charge is -2.33. The summed E-state index contributed by atoms with van der Waals surface area (Å²) in [4.78, 5) is 24.4. The third-order valence-corrected chi connectivity index (χ3v) is 5.62. The molecule has 1 aromatic rings. The number of hydrogen-bond donors (Lipinski definition) is 3. The van der Waals surface area contributed by atoms with Crippen LogP contribution in [0.25, 0.3) is 0 Å². The minimum absolute atomic E-state index is 0.0470. The molecule has 0 unspecified atom stereocenters. The first-order valence-electron chi connectivity index (χ1n) is 11.7. The first-order valence-corrected chi connectivity index (χ1v) is 11.7. The maximum Gasteiger partial charge on any atom is 0.471 e. The molecule has 10 heteroatoms. The van der Waals surface area contributed by atoms with Crippen molar-refractivity contribution in [3.05, 3.63) is 35.9 Å². The Labute approximate surface area is 199 Å². The zero-order valence-electron chi connectivity index (χ0n) is 20.0. The van der Waals surface area contributed by atoms with E-state index in [1.807, 2.05) is 5.32 Å². The maximum atomic E-state index is 12.9. The molecule has 0 heterocycles. The summed E-state index contributed by atoms with van der Waals surface area (Å²) in [5, 5.41) is 13.9. The van der Waals surface area contributed by atoms with E-state index >= 15 is 0 Å². The SMILES string of the molecule is CC(C)(C)OC(=O)N(C[C@@H](O)[C@H](Cc1ccccc1)NC(=O)C(F)(F)F)NCC1CCCCC1. The number of carbonyl (C=O) groups excluding carboxylic acids is 2. The van der Waals surface area contributed by atoms with Gasteiger partial charge in [-0.05, 0) is 51.5 Å². The Morgan fingerprint density at radius 2 is 1.74 bits per heavy atom. The monoisotopic (exact) mass is 487 g/mol. The van der Waals surface area contributed by atoms with E-state index in [2.05, 4.69) is 5.43 Å². The fraction of sp³-hybridized carbons (Fsp3) is 0.667. The largest absolute Gasteiger partial charge is 0.471 e. The Kier molecular flexibility index (Phi) is 10.2. The van der Waals surface area contributed by atoms with E-state index in [4.69, 9.17) is 4.74 Å². The van der Waals surface area contributed by atoms with E-state index in [1.165, 1.54) is 6.42 Å². The summed E-state index contributed by atoms with van der Waals surface area (Å²) in [7, 11) is 0. The molecular formula is C24H36F3N3O4. The smallest absolute Gasteiger partial charge is 0.443 e. The van der Waals surface area contributed by atoms with Gasteiger partial charge in [-0.2, -0.15) is 13.2 Å². The molecule has 0 radical (unpaired) electrons. The van der Waals surface area contributed by atoms with Gasteiger partial charge >= 0.3 is 18.2 Å². The lowest BCUT2D eigenvalue weighted by Crippen LogP contribution is -2.56. The van der Waals surface area contributed by atoms with Crippen molar-refractivity contribution >= 4 is 12.0 Å². The van der Waals surface area contributed by atoms with Crippen molar-refractivity contribution in [3.63, 3.8) is 0 Å². The standard InChI is InChI=1S/C24H36F3N3O4/c1-23(2,3)34-22(33)30(28-15-18-12-8-5-9-13-18)16-20(31)19(29-21(32)24(25,26)27)14-17-10-6-4-7-11-17/h4,6-7,10-11,18-20,28,31H,5,8-9,12-16H2,1-3H3,(H,29,32)/t19-,20+/m0/s1. The van der Waals surface area contributed by atoms with Gasteiger partial charge in [0, 0.05) is 6.54 Å². The van der Waals surface area contributed by atoms with E-state index < -0.39 is 35.9 Å². The highest BCUT2D eigenvalue weighted by Gasteiger charge is 2.41. The first-order chi connectivity index (χ1) is 15.8. The van der Waals surface area contributed by atoms with Crippen molar-refractivity contribution in [2.75, 3.05) is 13.1 Å². The number of hydrogen-bond acceptors (Lipinski definition) is 5. The number of amides is 2. The number of rotatable bonds is 9. The van der Waals surface area contributed by atoms with Crippen molar-refractivity contribution in [2.45, 2.75) is 83.2 Å². The summed E-state index contributed by atoms with van der Waals surface area (Å²) >= 11 is 0. The van der Waals surface area contributed by atoms with Gasteiger partial charge in [-0.1, -0.05) is 49.6 Å². The molecule has 2 atom stereocenters. The number of nitrogens with zero attached hydrogens (tertiary/aromatic N) is 1. The van der Waals surface area contributed by atoms with Crippen molar-refractivity contribution in [3.8, 4) is 0 Å². The molecule has 2 rings (SSSR count). The number of halogens is 3. The number of carbonyl (C=O) groups is 2. The van der Waals surface area contributed by atoms with E-state index in [0.29, 0.717) is 18.0 Å². The number of aliphatic hydroxyl groups excluding tert-OH is 1. The van der Waals surface area contributed by atoms with Gasteiger partial charge in [0.15, 0.2) is 0 Å². The highest BCUT2D eigenvalue weighted by molar-refractivity contribution is 5.82. The third-order valence-electron chi connectivity index (χ3n) is 5.62. The maximum absolute atomic E-state index is 12.9. The number of hydrazine groups is 1. The van der Waals surface area contributed by atoms with Crippen LogP contribution >= 0.6 is 0 Å². The Bertz CT molecular complexity index is 778. The average molecular weight is 488 g/mol. The summed E-state index contributed by atoms with van der Waals surface area (Å²) < 4.78 is 44.2.